The van der Waals surface area contributed by atoms with Crippen molar-refractivity contribution in [2.45, 2.75) is 57.0 Å². The molecule has 1 heterocycles. The number of hydrogen-bond acceptors (Lipinski definition) is 3. The molecule has 98 valence electrons. The second-order valence-corrected chi connectivity index (χ2v) is 5.49. The quantitative estimate of drug-likeness (QED) is 0.776. The molecule has 1 saturated carbocycles. The van der Waals surface area contributed by atoms with E-state index in [4.69, 9.17) is 4.74 Å². The summed E-state index contributed by atoms with van der Waals surface area (Å²) in [5.74, 6) is -0.840. The third-order valence-corrected chi connectivity index (χ3v) is 4.51. The first-order chi connectivity index (χ1) is 8.11. The van der Waals surface area contributed by atoms with Crippen LogP contribution in [0.4, 0.5) is 0 Å². The summed E-state index contributed by atoms with van der Waals surface area (Å²) in [4.78, 5) is 11.7. The Labute approximate surface area is 102 Å². The molecular weight excluding hydrogens is 220 g/mol. The maximum Gasteiger partial charge on any atom is 0.312 e. The smallest absolute Gasteiger partial charge is 0.312 e. The standard InChI is InChI=1S/C13H22O4/c14-11(15)12(13(16)8-9-17-10-13)6-4-2-1-3-5-7-12/h16H,1-10H2,(H,14,15). The first-order valence-corrected chi connectivity index (χ1v) is 6.64. The Bertz CT molecular complexity index is 273. The van der Waals surface area contributed by atoms with E-state index in [-0.39, 0.29) is 6.61 Å². The highest BCUT2D eigenvalue weighted by atomic mass is 16.5. The summed E-state index contributed by atoms with van der Waals surface area (Å²) in [6.45, 7) is 0.658. The van der Waals surface area contributed by atoms with Crippen molar-refractivity contribution in [2.75, 3.05) is 13.2 Å². The number of carbonyl (C=O) groups is 1. The van der Waals surface area contributed by atoms with Crippen molar-refractivity contribution in [1.82, 2.24) is 0 Å². The van der Waals surface area contributed by atoms with Crippen LogP contribution < -0.4 is 0 Å². The maximum atomic E-state index is 11.7. The summed E-state index contributed by atoms with van der Waals surface area (Å²) >= 11 is 0. The Morgan fingerprint density at radius 1 is 1.00 bits per heavy atom. The molecule has 2 N–H and O–H groups in total. The normalized spacial score (nSPS) is 33.9. The van der Waals surface area contributed by atoms with Gasteiger partial charge in [0.15, 0.2) is 0 Å². The molecule has 2 rings (SSSR count). The molecule has 4 heteroatoms. The van der Waals surface area contributed by atoms with Gasteiger partial charge in [-0.15, -0.1) is 0 Å². The van der Waals surface area contributed by atoms with Gasteiger partial charge < -0.3 is 14.9 Å². The molecule has 0 aromatic carbocycles. The molecule has 1 aliphatic carbocycles. The van der Waals surface area contributed by atoms with Gasteiger partial charge in [0, 0.05) is 13.0 Å². The Morgan fingerprint density at radius 3 is 2.06 bits per heavy atom. The van der Waals surface area contributed by atoms with Gasteiger partial charge in [-0.2, -0.15) is 0 Å². The average Bonchev–Trinajstić information content (AvgIpc) is 2.65. The SMILES string of the molecule is O=C(O)C1(C2(O)CCOC2)CCCCCCC1. The molecule has 0 radical (unpaired) electrons. The van der Waals surface area contributed by atoms with Gasteiger partial charge in [0.25, 0.3) is 0 Å². The van der Waals surface area contributed by atoms with Crippen LogP contribution in [0, 0.1) is 5.41 Å². The van der Waals surface area contributed by atoms with Gasteiger partial charge in [-0.1, -0.05) is 32.1 Å². The predicted octanol–water partition coefficient (Wildman–Crippen LogP) is 1.95. The minimum absolute atomic E-state index is 0.180. The molecule has 0 bridgehead atoms. The van der Waals surface area contributed by atoms with E-state index in [2.05, 4.69) is 0 Å². The zero-order chi connectivity index (χ0) is 12.4. The number of carboxylic acid groups (broad SMARTS) is 1. The molecule has 0 aromatic rings. The second-order valence-electron chi connectivity index (χ2n) is 5.49. The third kappa shape index (κ3) is 2.20. The van der Waals surface area contributed by atoms with Crippen molar-refractivity contribution in [3.63, 3.8) is 0 Å². The van der Waals surface area contributed by atoms with Gasteiger partial charge in [-0.05, 0) is 12.8 Å². The number of rotatable bonds is 2. The zero-order valence-corrected chi connectivity index (χ0v) is 10.3. The van der Waals surface area contributed by atoms with E-state index in [1.165, 1.54) is 6.42 Å². The second kappa shape index (κ2) is 4.94. The van der Waals surface area contributed by atoms with E-state index in [1.54, 1.807) is 0 Å². The summed E-state index contributed by atoms with van der Waals surface area (Å²) in [7, 11) is 0. The van der Waals surface area contributed by atoms with Crippen molar-refractivity contribution >= 4 is 5.97 Å². The van der Waals surface area contributed by atoms with Gasteiger partial charge in [-0.3, -0.25) is 4.79 Å². The molecule has 2 fully saturated rings. The van der Waals surface area contributed by atoms with Gasteiger partial charge >= 0.3 is 5.97 Å². The molecule has 1 aliphatic heterocycles. The van der Waals surface area contributed by atoms with Gasteiger partial charge in [0.05, 0.1) is 12.0 Å². The maximum absolute atomic E-state index is 11.7. The number of ether oxygens (including phenoxy) is 1. The molecule has 1 atom stereocenters. The molecule has 0 spiro atoms. The average molecular weight is 242 g/mol. The Morgan fingerprint density at radius 2 is 1.59 bits per heavy atom. The topological polar surface area (TPSA) is 66.8 Å². The number of aliphatic hydroxyl groups is 1. The summed E-state index contributed by atoms with van der Waals surface area (Å²) in [5, 5.41) is 20.3. The lowest BCUT2D eigenvalue weighted by Crippen LogP contribution is -2.54. The minimum atomic E-state index is -1.16. The molecule has 4 nitrogen and oxygen atoms in total. The lowest BCUT2D eigenvalue weighted by molar-refractivity contribution is -0.173. The molecule has 2 aliphatic rings. The highest BCUT2D eigenvalue weighted by Crippen LogP contribution is 2.47. The summed E-state index contributed by atoms with van der Waals surface area (Å²) in [6.07, 6.45) is 6.76. The van der Waals surface area contributed by atoms with Gasteiger partial charge in [-0.25, -0.2) is 0 Å². The van der Waals surface area contributed by atoms with Gasteiger partial charge in [0.2, 0.25) is 0 Å². The lowest BCUT2D eigenvalue weighted by Gasteiger charge is -2.42. The van der Waals surface area contributed by atoms with Crippen LogP contribution in [-0.2, 0) is 9.53 Å². The van der Waals surface area contributed by atoms with Crippen molar-refractivity contribution in [3.8, 4) is 0 Å². The molecule has 1 unspecified atom stereocenters. The monoisotopic (exact) mass is 242 g/mol. The third-order valence-electron chi connectivity index (χ3n) is 4.51. The fourth-order valence-corrected chi connectivity index (χ4v) is 3.32. The molecule has 0 aromatic heterocycles. The van der Waals surface area contributed by atoms with E-state index in [0.717, 1.165) is 25.7 Å². The van der Waals surface area contributed by atoms with Crippen LogP contribution in [0.15, 0.2) is 0 Å². The first-order valence-electron chi connectivity index (χ1n) is 6.64. The van der Waals surface area contributed by atoms with E-state index in [1.807, 2.05) is 0 Å². The summed E-state index contributed by atoms with van der Waals surface area (Å²) in [5.41, 5.74) is -2.14. The van der Waals surface area contributed by atoms with Crippen LogP contribution in [0.5, 0.6) is 0 Å². The Balaban J connectivity index is 2.25. The van der Waals surface area contributed by atoms with Crippen molar-refractivity contribution in [2.24, 2.45) is 5.41 Å². The Hall–Kier alpha value is -0.610. The highest BCUT2D eigenvalue weighted by Gasteiger charge is 2.56. The van der Waals surface area contributed by atoms with Crippen LogP contribution >= 0.6 is 0 Å². The molecule has 1 saturated heterocycles. The summed E-state index contributed by atoms with van der Waals surface area (Å²) < 4.78 is 5.25. The fraction of sp³-hybridized carbons (Fsp3) is 0.923. The van der Waals surface area contributed by atoms with Crippen LogP contribution in [0.25, 0.3) is 0 Å². The largest absolute Gasteiger partial charge is 0.481 e. The minimum Gasteiger partial charge on any atom is -0.481 e. The van der Waals surface area contributed by atoms with E-state index in [9.17, 15) is 15.0 Å². The predicted molar refractivity (Wildman–Crippen MR) is 62.8 cm³/mol. The van der Waals surface area contributed by atoms with Crippen LogP contribution in [0.2, 0.25) is 0 Å². The fourth-order valence-electron chi connectivity index (χ4n) is 3.32. The molecule has 0 amide bonds. The molecule has 17 heavy (non-hydrogen) atoms. The van der Waals surface area contributed by atoms with E-state index >= 15 is 0 Å². The lowest BCUT2D eigenvalue weighted by atomic mass is 9.64. The van der Waals surface area contributed by atoms with Gasteiger partial charge in [0.1, 0.15) is 5.60 Å². The molecular formula is C13H22O4. The number of aliphatic carboxylic acids is 1. The Kier molecular flexibility index (Phi) is 3.73. The van der Waals surface area contributed by atoms with Crippen molar-refractivity contribution < 1.29 is 19.7 Å². The highest BCUT2D eigenvalue weighted by molar-refractivity contribution is 5.76. The van der Waals surface area contributed by atoms with E-state index in [0.29, 0.717) is 25.9 Å². The van der Waals surface area contributed by atoms with Crippen LogP contribution in [0.3, 0.4) is 0 Å². The van der Waals surface area contributed by atoms with Crippen LogP contribution in [-0.4, -0.2) is 35.0 Å². The number of carboxylic acids is 1. The van der Waals surface area contributed by atoms with Crippen molar-refractivity contribution in [3.05, 3.63) is 0 Å². The summed E-state index contributed by atoms with van der Waals surface area (Å²) in [6, 6.07) is 0. The number of hydrogen-bond donors (Lipinski definition) is 2. The van der Waals surface area contributed by atoms with Crippen LogP contribution in [0.1, 0.15) is 51.4 Å². The zero-order valence-electron chi connectivity index (χ0n) is 10.3. The first kappa shape index (κ1) is 12.8. The van der Waals surface area contributed by atoms with Crippen molar-refractivity contribution in [1.29, 1.82) is 0 Å². The van der Waals surface area contributed by atoms with E-state index < -0.39 is 17.0 Å².